The third-order valence-electron chi connectivity index (χ3n) is 4.64. The first kappa shape index (κ1) is 18.0. The highest BCUT2D eigenvalue weighted by atomic mass is 16.5. The first-order valence-electron chi connectivity index (χ1n) is 8.81. The Morgan fingerprint density at radius 1 is 1.12 bits per heavy atom. The van der Waals surface area contributed by atoms with Crippen LogP contribution < -0.4 is 10.1 Å². The summed E-state index contributed by atoms with van der Waals surface area (Å²) < 4.78 is 10.4. The van der Waals surface area contributed by atoms with Crippen LogP contribution in [0.1, 0.15) is 47.3 Å². The molecule has 0 spiro atoms. The minimum absolute atomic E-state index is 0.0280. The van der Waals surface area contributed by atoms with Crippen molar-refractivity contribution in [1.29, 1.82) is 0 Å². The number of methoxy groups -OCH3 is 1. The number of esters is 1. The van der Waals surface area contributed by atoms with Crippen molar-refractivity contribution in [2.75, 3.05) is 7.11 Å². The molecule has 5 heteroatoms. The first-order valence-corrected chi connectivity index (χ1v) is 8.81. The highest BCUT2D eigenvalue weighted by Gasteiger charge is 2.24. The number of amides is 1. The third-order valence-corrected chi connectivity index (χ3v) is 4.64. The van der Waals surface area contributed by atoms with Gasteiger partial charge in [-0.25, -0.2) is 4.79 Å². The lowest BCUT2D eigenvalue weighted by molar-refractivity contribution is -0.128. The maximum atomic E-state index is 12.5. The fourth-order valence-corrected chi connectivity index (χ4v) is 3.24. The molecule has 2 aromatic rings. The van der Waals surface area contributed by atoms with E-state index in [9.17, 15) is 9.59 Å². The summed E-state index contributed by atoms with van der Waals surface area (Å²) in [5.74, 6) is -0.0219. The average molecular weight is 353 g/mol. The molecule has 0 aliphatic heterocycles. The molecule has 3 rings (SSSR count). The fraction of sp³-hybridized carbons (Fsp3) is 0.333. The van der Waals surface area contributed by atoms with Gasteiger partial charge >= 0.3 is 5.97 Å². The van der Waals surface area contributed by atoms with Gasteiger partial charge in [0.05, 0.1) is 18.7 Å². The molecule has 0 heterocycles. The highest BCUT2D eigenvalue weighted by Crippen LogP contribution is 2.29. The lowest BCUT2D eigenvalue weighted by atomic mass is 9.87. The van der Waals surface area contributed by atoms with Gasteiger partial charge in [-0.05, 0) is 61.6 Å². The first-order chi connectivity index (χ1) is 12.6. The van der Waals surface area contributed by atoms with Gasteiger partial charge in [-0.15, -0.1) is 0 Å². The second-order valence-electron chi connectivity index (χ2n) is 6.43. The van der Waals surface area contributed by atoms with Crippen molar-refractivity contribution in [3.63, 3.8) is 0 Å². The number of hydrogen-bond donors (Lipinski definition) is 1. The Bertz CT molecular complexity index is 785. The summed E-state index contributed by atoms with van der Waals surface area (Å²) in [6.07, 6.45) is 2.42. The van der Waals surface area contributed by atoms with Gasteiger partial charge in [0.1, 0.15) is 5.75 Å². The highest BCUT2D eigenvalue weighted by molar-refractivity contribution is 5.89. The molecular weight excluding hydrogens is 330 g/mol. The van der Waals surface area contributed by atoms with Crippen LogP contribution in [0.4, 0.5) is 0 Å². The molecule has 0 radical (unpaired) electrons. The fourth-order valence-electron chi connectivity index (χ4n) is 3.24. The van der Waals surface area contributed by atoms with E-state index in [1.54, 1.807) is 31.2 Å². The van der Waals surface area contributed by atoms with Crippen LogP contribution in [0, 0.1) is 0 Å². The monoisotopic (exact) mass is 353 g/mol. The summed E-state index contributed by atoms with van der Waals surface area (Å²) in [5.41, 5.74) is 2.94. The Hall–Kier alpha value is -2.82. The zero-order chi connectivity index (χ0) is 18.5. The third kappa shape index (κ3) is 4.04. The van der Waals surface area contributed by atoms with Crippen molar-refractivity contribution in [1.82, 2.24) is 5.32 Å². The Balaban J connectivity index is 1.61. The van der Waals surface area contributed by atoms with Crippen molar-refractivity contribution in [3.8, 4) is 5.75 Å². The van der Waals surface area contributed by atoms with Crippen molar-refractivity contribution in [2.45, 2.75) is 38.3 Å². The second kappa shape index (κ2) is 8.04. The van der Waals surface area contributed by atoms with E-state index < -0.39 is 12.1 Å². The van der Waals surface area contributed by atoms with E-state index >= 15 is 0 Å². The van der Waals surface area contributed by atoms with E-state index in [0.29, 0.717) is 11.3 Å². The summed E-state index contributed by atoms with van der Waals surface area (Å²) in [6.45, 7) is 1.72. The number of aryl methyl sites for hydroxylation is 1. The number of ether oxygens (including phenoxy) is 2. The van der Waals surface area contributed by atoms with E-state index in [1.807, 2.05) is 12.1 Å². The maximum Gasteiger partial charge on any atom is 0.337 e. The number of carbonyl (C=O) groups excluding carboxylic acids is 2. The summed E-state index contributed by atoms with van der Waals surface area (Å²) in [4.78, 5) is 24.0. The number of carbonyl (C=O) groups is 2. The number of fused-ring (bicyclic) bond motifs is 1. The molecule has 26 heavy (non-hydrogen) atoms. The van der Waals surface area contributed by atoms with Crippen LogP contribution in [-0.4, -0.2) is 25.1 Å². The molecule has 136 valence electrons. The molecule has 0 saturated heterocycles. The molecule has 0 saturated carbocycles. The molecule has 0 bridgehead atoms. The number of benzene rings is 2. The minimum Gasteiger partial charge on any atom is -0.481 e. The summed E-state index contributed by atoms with van der Waals surface area (Å²) in [5, 5.41) is 3.10. The van der Waals surface area contributed by atoms with Crippen LogP contribution in [0.3, 0.4) is 0 Å². The number of rotatable bonds is 5. The average Bonchev–Trinajstić information content (AvgIpc) is 2.68. The smallest absolute Gasteiger partial charge is 0.337 e. The van der Waals surface area contributed by atoms with Gasteiger partial charge in [0.25, 0.3) is 5.91 Å². The Morgan fingerprint density at radius 2 is 1.85 bits per heavy atom. The predicted molar refractivity (Wildman–Crippen MR) is 98.1 cm³/mol. The minimum atomic E-state index is -0.631. The normalized spacial score (nSPS) is 16.9. The molecule has 0 aromatic heterocycles. The topological polar surface area (TPSA) is 64.6 Å². The van der Waals surface area contributed by atoms with E-state index in [0.717, 1.165) is 19.3 Å². The van der Waals surface area contributed by atoms with E-state index in [-0.39, 0.29) is 11.9 Å². The molecule has 2 atom stereocenters. The standard InChI is InChI=1S/C21H23NO4/c1-14(26-17-12-10-16(11-13-17)21(24)25-2)20(23)22-19-9-5-7-15-6-3-4-8-18(15)19/h3-4,6,8,10-14,19H,5,7,9H2,1-2H3,(H,22,23)/t14-,19-/m0/s1. The van der Waals surface area contributed by atoms with Crippen LogP contribution in [0.25, 0.3) is 0 Å². The quantitative estimate of drug-likeness (QED) is 0.837. The molecule has 2 aromatic carbocycles. The number of hydrogen-bond acceptors (Lipinski definition) is 4. The van der Waals surface area contributed by atoms with Crippen molar-refractivity contribution in [2.24, 2.45) is 0 Å². The van der Waals surface area contributed by atoms with Crippen LogP contribution in [-0.2, 0) is 16.0 Å². The molecule has 1 aliphatic rings. The van der Waals surface area contributed by atoms with Gasteiger partial charge in [0, 0.05) is 0 Å². The molecule has 1 N–H and O–H groups in total. The second-order valence-corrected chi connectivity index (χ2v) is 6.43. The van der Waals surface area contributed by atoms with Crippen molar-refractivity contribution < 1.29 is 19.1 Å². The lowest BCUT2D eigenvalue weighted by Crippen LogP contribution is -2.39. The summed E-state index contributed by atoms with van der Waals surface area (Å²) in [6, 6.07) is 14.8. The van der Waals surface area contributed by atoms with Gasteiger partial charge in [0.15, 0.2) is 6.10 Å². The van der Waals surface area contributed by atoms with Crippen molar-refractivity contribution >= 4 is 11.9 Å². The molecule has 0 unspecified atom stereocenters. The van der Waals surface area contributed by atoms with Crippen LogP contribution in [0.15, 0.2) is 48.5 Å². The maximum absolute atomic E-state index is 12.5. The number of nitrogens with one attached hydrogen (secondary N) is 1. The van der Waals surface area contributed by atoms with Crippen LogP contribution >= 0.6 is 0 Å². The lowest BCUT2D eigenvalue weighted by Gasteiger charge is -2.27. The Labute approximate surface area is 153 Å². The molecule has 1 aliphatic carbocycles. The van der Waals surface area contributed by atoms with E-state index in [2.05, 4.69) is 22.2 Å². The van der Waals surface area contributed by atoms with Gasteiger partial charge < -0.3 is 14.8 Å². The zero-order valence-corrected chi connectivity index (χ0v) is 15.0. The predicted octanol–water partition coefficient (Wildman–Crippen LogP) is 3.43. The Kier molecular flexibility index (Phi) is 5.56. The van der Waals surface area contributed by atoms with E-state index in [4.69, 9.17) is 4.74 Å². The largest absolute Gasteiger partial charge is 0.481 e. The summed E-state index contributed by atoms with van der Waals surface area (Å²) >= 11 is 0. The molecule has 5 nitrogen and oxygen atoms in total. The summed E-state index contributed by atoms with van der Waals surface area (Å²) in [7, 11) is 1.34. The van der Waals surface area contributed by atoms with Gasteiger partial charge in [-0.3, -0.25) is 4.79 Å². The molecular formula is C21H23NO4. The van der Waals surface area contributed by atoms with Crippen LogP contribution in [0.5, 0.6) is 5.75 Å². The van der Waals surface area contributed by atoms with Gasteiger partial charge in [0.2, 0.25) is 0 Å². The Morgan fingerprint density at radius 3 is 2.58 bits per heavy atom. The van der Waals surface area contributed by atoms with Gasteiger partial charge in [-0.1, -0.05) is 24.3 Å². The molecule has 1 amide bonds. The van der Waals surface area contributed by atoms with Gasteiger partial charge in [-0.2, -0.15) is 0 Å². The van der Waals surface area contributed by atoms with Crippen LogP contribution in [0.2, 0.25) is 0 Å². The zero-order valence-electron chi connectivity index (χ0n) is 15.0. The molecule has 0 fully saturated rings. The van der Waals surface area contributed by atoms with E-state index in [1.165, 1.54) is 18.2 Å². The SMILES string of the molecule is COC(=O)c1ccc(O[C@@H](C)C(=O)N[C@H]2CCCc3ccccc32)cc1. The van der Waals surface area contributed by atoms with Crippen molar-refractivity contribution in [3.05, 3.63) is 65.2 Å².